The van der Waals surface area contributed by atoms with E-state index in [0.29, 0.717) is 12.2 Å². The lowest BCUT2D eigenvalue weighted by atomic mass is 10.1. The number of rotatable bonds is 6. The van der Waals surface area contributed by atoms with Gasteiger partial charge in [-0.05, 0) is 32.5 Å². The van der Waals surface area contributed by atoms with E-state index in [9.17, 15) is 4.79 Å². The average Bonchev–Trinajstić information content (AvgIpc) is 2.47. The Morgan fingerprint density at radius 3 is 2.76 bits per heavy atom. The van der Waals surface area contributed by atoms with Gasteiger partial charge in [0.15, 0.2) is 0 Å². The van der Waals surface area contributed by atoms with Gasteiger partial charge in [-0.15, -0.1) is 0 Å². The Kier molecular flexibility index (Phi) is 5.11. The number of nitrogens with one attached hydrogen (secondary N) is 2. The molecule has 0 saturated heterocycles. The van der Waals surface area contributed by atoms with Crippen LogP contribution in [0.4, 0.5) is 5.82 Å². The summed E-state index contributed by atoms with van der Waals surface area (Å²) in [5.41, 5.74) is 0.448. The zero-order valence-electron chi connectivity index (χ0n) is 12.8. The summed E-state index contributed by atoms with van der Waals surface area (Å²) in [6, 6.07) is 9.77. The second kappa shape index (κ2) is 7.04. The number of aromatic nitrogens is 1. The first kappa shape index (κ1) is 15.3. The average molecular weight is 286 g/mol. The Hall–Kier alpha value is -2.14. The van der Waals surface area contributed by atoms with Crippen LogP contribution < -0.4 is 10.6 Å². The molecule has 112 valence electrons. The maximum Gasteiger partial charge on any atom is 0.270 e. The number of hydrogen-bond donors (Lipinski definition) is 2. The summed E-state index contributed by atoms with van der Waals surface area (Å²) >= 11 is 0. The van der Waals surface area contributed by atoms with Crippen LogP contribution in [0.3, 0.4) is 0 Å². The standard InChI is InChI=1S/C16H22N4O/c1-4-17-15-13-8-6-5-7-12(13)11-14(19-15)16(21)18-9-10-20(2)3/h5-8,11H,4,9-10H2,1-3H3,(H,17,19)(H,18,21). The molecule has 0 fully saturated rings. The first-order valence-corrected chi connectivity index (χ1v) is 7.18. The van der Waals surface area contributed by atoms with Crippen LogP contribution in [-0.2, 0) is 0 Å². The quantitative estimate of drug-likeness (QED) is 0.852. The molecule has 0 saturated carbocycles. The van der Waals surface area contributed by atoms with Gasteiger partial charge in [0.1, 0.15) is 11.5 Å². The summed E-state index contributed by atoms with van der Waals surface area (Å²) in [6.07, 6.45) is 0. The fourth-order valence-electron chi connectivity index (χ4n) is 2.10. The van der Waals surface area contributed by atoms with E-state index in [1.807, 2.05) is 56.3 Å². The molecule has 0 aliphatic rings. The van der Waals surface area contributed by atoms with Gasteiger partial charge in [0, 0.05) is 25.0 Å². The second-order valence-electron chi connectivity index (χ2n) is 5.17. The van der Waals surface area contributed by atoms with Gasteiger partial charge in [-0.2, -0.15) is 0 Å². The van der Waals surface area contributed by atoms with Gasteiger partial charge in [0.05, 0.1) is 0 Å². The SMILES string of the molecule is CCNc1nc(C(=O)NCCN(C)C)cc2ccccc12. The van der Waals surface area contributed by atoms with Crippen molar-refractivity contribution in [1.29, 1.82) is 0 Å². The monoisotopic (exact) mass is 286 g/mol. The summed E-state index contributed by atoms with van der Waals surface area (Å²) in [5, 5.41) is 8.16. The fraction of sp³-hybridized carbons (Fsp3) is 0.375. The maximum atomic E-state index is 12.2. The molecule has 0 aliphatic heterocycles. The summed E-state index contributed by atoms with van der Waals surface area (Å²) in [6.45, 7) is 4.19. The van der Waals surface area contributed by atoms with Gasteiger partial charge in [-0.3, -0.25) is 4.79 Å². The molecule has 0 radical (unpaired) electrons. The van der Waals surface area contributed by atoms with Crippen LogP contribution in [0.5, 0.6) is 0 Å². The molecule has 2 rings (SSSR count). The van der Waals surface area contributed by atoms with Crippen molar-refractivity contribution in [1.82, 2.24) is 15.2 Å². The number of fused-ring (bicyclic) bond motifs is 1. The lowest BCUT2D eigenvalue weighted by Crippen LogP contribution is -2.31. The van der Waals surface area contributed by atoms with Crippen molar-refractivity contribution in [3.8, 4) is 0 Å². The summed E-state index contributed by atoms with van der Waals surface area (Å²) < 4.78 is 0. The largest absolute Gasteiger partial charge is 0.370 e. The van der Waals surface area contributed by atoms with E-state index in [2.05, 4.69) is 15.6 Å². The van der Waals surface area contributed by atoms with Crippen molar-refractivity contribution in [2.75, 3.05) is 39.0 Å². The van der Waals surface area contributed by atoms with E-state index in [4.69, 9.17) is 0 Å². The predicted octanol–water partition coefficient (Wildman–Crippen LogP) is 1.96. The molecule has 0 aliphatic carbocycles. The van der Waals surface area contributed by atoms with Crippen LogP contribution in [0, 0.1) is 0 Å². The third-order valence-corrected chi connectivity index (χ3v) is 3.16. The lowest BCUT2D eigenvalue weighted by Gasteiger charge is -2.12. The Bertz CT molecular complexity index is 625. The fourth-order valence-corrected chi connectivity index (χ4v) is 2.10. The molecule has 0 bridgehead atoms. The molecule has 1 amide bonds. The number of amides is 1. The summed E-state index contributed by atoms with van der Waals surface area (Å²) in [4.78, 5) is 18.7. The van der Waals surface area contributed by atoms with Gasteiger partial charge in [0.2, 0.25) is 0 Å². The van der Waals surface area contributed by atoms with Crippen molar-refractivity contribution in [3.05, 3.63) is 36.0 Å². The highest BCUT2D eigenvalue weighted by Crippen LogP contribution is 2.22. The maximum absolute atomic E-state index is 12.2. The molecule has 21 heavy (non-hydrogen) atoms. The number of anilines is 1. The minimum absolute atomic E-state index is 0.137. The number of benzene rings is 1. The Balaban J connectivity index is 2.25. The molecule has 2 aromatic rings. The van der Waals surface area contributed by atoms with Gasteiger partial charge in [0.25, 0.3) is 5.91 Å². The minimum atomic E-state index is -0.137. The van der Waals surface area contributed by atoms with Crippen molar-refractivity contribution in [2.45, 2.75) is 6.92 Å². The number of pyridine rings is 1. The Morgan fingerprint density at radius 1 is 1.29 bits per heavy atom. The zero-order valence-corrected chi connectivity index (χ0v) is 12.8. The summed E-state index contributed by atoms with van der Waals surface area (Å²) in [7, 11) is 3.95. The van der Waals surface area contributed by atoms with Crippen molar-refractivity contribution < 1.29 is 4.79 Å². The smallest absolute Gasteiger partial charge is 0.270 e. The molecule has 5 heteroatoms. The molecule has 2 N–H and O–H groups in total. The molecule has 0 unspecified atom stereocenters. The highest BCUT2D eigenvalue weighted by molar-refractivity contribution is 6.00. The van der Waals surface area contributed by atoms with E-state index in [-0.39, 0.29) is 5.91 Å². The summed E-state index contributed by atoms with van der Waals surface area (Å²) in [5.74, 6) is 0.620. The van der Waals surface area contributed by atoms with Gasteiger partial charge in [-0.25, -0.2) is 4.98 Å². The first-order chi connectivity index (χ1) is 10.1. The first-order valence-electron chi connectivity index (χ1n) is 7.18. The Morgan fingerprint density at radius 2 is 2.05 bits per heavy atom. The van der Waals surface area contributed by atoms with E-state index in [1.165, 1.54) is 0 Å². The molecular formula is C16H22N4O. The van der Waals surface area contributed by atoms with Gasteiger partial charge < -0.3 is 15.5 Å². The van der Waals surface area contributed by atoms with Crippen LogP contribution in [0.25, 0.3) is 10.8 Å². The van der Waals surface area contributed by atoms with Gasteiger partial charge in [-0.1, -0.05) is 24.3 Å². The number of nitrogens with zero attached hydrogens (tertiary/aromatic N) is 2. The van der Waals surface area contributed by atoms with Crippen molar-refractivity contribution in [2.24, 2.45) is 0 Å². The third-order valence-electron chi connectivity index (χ3n) is 3.16. The molecule has 5 nitrogen and oxygen atoms in total. The van der Waals surface area contributed by atoms with Crippen LogP contribution >= 0.6 is 0 Å². The van der Waals surface area contributed by atoms with E-state index >= 15 is 0 Å². The van der Waals surface area contributed by atoms with Crippen molar-refractivity contribution in [3.63, 3.8) is 0 Å². The van der Waals surface area contributed by atoms with Crippen LogP contribution in [0.2, 0.25) is 0 Å². The third kappa shape index (κ3) is 3.92. The molecule has 0 spiro atoms. The molecule has 0 atom stereocenters. The highest BCUT2D eigenvalue weighted by atomic mass is 16.1. The highest BCUT2D eigenvalue weighted by Gasteiger charge is 2.11. The van der Waals surface area contributed by atoms with E-state index < -0.39 is 0 Å². The van der Waals surface area contributed by atoms with Crippen molar-refractivity contribution >= 4 is 22.5 Å². The van der Waals surface area contributed by atoms with Crippen LogP contribution in [0.15, 0.2) is 30.3 Å². The van der Waals surface area contributed by atoms with E-state index in [0.717, 1.165) is 29.7 Å². The van der Waals surface area contributed by atoms with Crippen LogP contribution in [-0.4, -0.2) is 49.5 Å². The molecule has 1 aromatic heterocycles. The zero-order chi connectivity index (χ0) is 15.2. The molecular weight excluding hydrogens is 264 g/mol. The normalized spacial score (nSPS) is 10.9. The number of carbonyl (C=O) groups is 1. The predicted molar refractivity (Wildman–Crippen MR) is 86.8 cm³/mol. The van der Waals surface area contributed by atoms with E-state index in [1.54, 1.807) is 0 Å². The molecule has 1 heterocycles. The minimum Gasteiger partial charge on any atom is -0.370 e. The number of likely N-dealkylation sites (N-methyl/N-ethyl adjacent to an activating group) is 1. The lowest BCUT2D eigenvalue weighted by molar-refractivity contribution is 0.0946. The topological polar surface area (TPSA) is 57.3 Å². The van der Waals surface area contributed by atoms with Gasteiger partial charge >= 0.3 is 0 Å². The second-order valence-corrected chi connectivity index (χ2v) is 5.17. The van der Waals surface area contributed by atoms with Crippen LogP contribution in [0.1, 0.15) is 17.4 Å². The molecule has 1 aromatic carbocycles. The number of hydrogen-bond acceptors (Lipinski definition) is 4. The number of carbonyl (C=O) groups excluding carboxylic acids is 1. The Labute approximate surface area is 125 Å².